The van der Waals surface area contributed by atoms with Crippen LogP contribution in [-0.4, -0.2) is 26.7 Å². The highest BCUT2D eigenvalue weighted by Crippen LogP contribution is 2.47. The molecule has 3 rings (SSSR count). The van der Waals surface area contributed by atoms with Crippen molar-refractivity contribution in [2.75, 3.05) is 6.61 Å². The van der Waals surface area contributed by atoms with Crippen LogP contribution in [0.3, 0.4) is 0 Å². The van der Waals surface area contributed by atoms with Gasteiger partial charge in [0.2, 0.25) is 0 Å². The zero-order valence-electron chi connectivity index (χ0n) is 13.6. The Hall–Kier alpha value is -1.68. The van der Waals surface area contributed by atoms with Gasteiger partial charge in [0, 0.05) is 29.4 Å². The van der Waals surface area contributed by atoms with Crippen molar-refractivity contribution in [3.63, 3.8) is 0 Å². The second-order valence-corrected chi connectivity index (χ2v) is 6.71. The van der Waals surface area contributed by atoms with Crippen LogP contribution >= 0.6 is 0 Å². The van der Waals surface area contributed by atoms with Crippen LogP contribution in [0.15, 0.2) is 24.7 Å². The second kappa shape index (κ2) is 6.21. The first-order valence-corrected chi connectivity index (χ1v) is 8.19. The van der Waals surface area contributed by atoms with Gasteiger partial charge in [0.15, 0.2) is 0 Å². The molecule has 4 heteroatoms. The van der Waals surface area contributed by atoms with E-state index < -0.39 is 0 Å². The summed E-state index contributed by atoms with van der Waals surface area (Å²) in [7, 11) is 0. The van der Waals surface area contributed by atoms with Crippen molar-refractivity contribution in [2.24, 2.45) is 5.92 Å². The number of aryl methyl sites for hydroxylation is 1. The Morgan fingerprint density at radius 1 is 1.32 bits per heavy atom. The molecule has 3 unspecified atom stereocenters. The molecule has 3 atom stereocenters. The maximum absolute atomic E-state index is 9.64. The summed E-state index contributed by atoms with van der Waals surface area (Å²) >= 11 is 0. The zero-order valence-corrected chi connectivity index (χ0v) is 13.6. The van der Waals surface area contributed by atoms with E-state index in [0.717, 1.165) is 24.2 Å². The van der Waals surface area contributed by atoms with Gasteiger partial charge in [-0.3, -0.25) is 4.98 Å². The summed E-state index contributed by atoms with van der Waals surface area (Å²) in [6, 6.07) is 4.21. The number of aliphatic hydroxyl groups is 1. The first-order chi connectivity index (χ1) is 10.6. The lowest BCUT2D eigenvalue weighted by Crippen LogP contribution is -2.25. The molecule has 0 aromatic carbocycles. The summed E-state index contributed by atoms with van der Waals surface area (Å²) in [5.41, 5.74) is 4.73. The molecule has 0 saturated heterocycles. The van der Waals surface area contributed by atoms with E-state index in [-0.39, 0.29) is 12.5 Å². The molecule has 2 N–H and O–H groups in total. The van der Waals surface area contributed by atoms with Gasteiger partial charge in [-0.05, 0) is 43.2 Å². The summed E-state index contributed by atoms with van der Waals surface area (Å²) in [6.45, 7) is 6.81. The molecule has 0 fully saturated rings. The first-order valence-electron chi connectivity index (χ1n) is 8.19. The van der Waals surface area contributed by atoms with Crippen LogP contribution in [-0.2, 0) is 0 Å². The number of rotatable bonds is 4. The minimum atomic E-state index is 0.183. The van der Waals surface area contributed by atoms with E-state index in [9.17, 15) is 5.11 Å². The number of fused-ring (bicyclic) bond motifs is 1. The molecule has 0 spiro atoms. The second-order valence-electron chi connectivity index (χ2n) is 6.71. The average molecular weight is 299 g/mol. The fourth-order valence-corrected chi connectivity index (χ4v) is 4.02. The van der Waals surface area contributed by atoms with E-state index >= 15 is 0 Å². The fourth-order valence-electron chi connectivity index (χ4n) is 4.02. The molecule has 2 aromatic rings. The lowest BCUT2D eigenvalue weighted by Gasteiger charge is -2.36. The third kappa shape index (κ3) is 2.56. The number of aromatic amines is 1. The molecule has 0 amide bonds. The third-order valence-corrected chi connectivity index (χ3v) is 5.06. The van der Waals surface area contributed by atoms with Crippen LogP contribution in [0, 0.1) is 12.8 Å². The number of imidazole rings is 1. The van der Waals surface area contributed by atoms with E-state index in [1.807, 2.05) is 12.3 Å². The molecule has 22 heavy (non-hydrogen) atoms. The zero-order chi connectivity index (χ0) is 15.7. The highest BCUT2D eigenvalue weighted by atomic mass is 16.3. The summed E-state index contributed by atoms with van der Waals surface area (Å²) in [4.78, 5) is 12.3. The lowest BCUT2D eigenvalue weighted by atomic mass is 9.69. The van der Waals surface area contributed by atoms with Gasteiger partial charge < -0.3 is 10.1 Å². The highest BCUT2D eigenvalue weighted by molar-refractivity contribution is 5.34. The van der Waals surface area contributed by atoms with Gasteiger partial charge in [0.1, 0.15) is 0 Å². The maximum Gasteiger partial charge on any atom is 0.0925 e. The Kier molecular flexibility index (Phi) is 4.30. The molecule has 0 bridgehead atoms. The number of nitrogens with one attached hydrogen (secondary N) is 1. The summed E-state index contributed by atoms with van der Waals surface area (Å²) in [5.74, 6) is 1.54. The van der Waals surface area contributed by atoms with E-state index in [2.05, 4.69) is 41.8 Å². The summed E-state index contributed by atoms with van der Waals surface area (Å²) < 4.78 is 0. The van der Waals surface area contributed by atoms with Crippen molar-refractivity contribution < 1.29 is 5.11 Å². The smallest absolute Gasteiger partial charge is 0.0925 e. The van der Waals surface area contributed by atoms with E-state index in [4.69, 9.17) is 0 Å². The number of nitrogens with zero attached hydrogens (tertiary/aromatic N) is 2. The van der Waals surface area contributed by atoms with Crippen LogP contribution < -0.4 is 0 Å². The first kappa shape index (κ1) is 15.2. The third-order valence-electron chi connectivity index (χ3n) is 5.06. The fraction of sp³-hybridized carbons (Fsp3) is 0.556. The molecule has 0 radical (unpaired) electrons. The minimum Gasteiger partial charge on any atom is -0.396 e. The van der Waals surface area contributed by atoms with Crippen LogP contribution in [0.25, 0.3) is 0 Å². The quantitative estimate of drug-likeness (QED) is 0.908. The van der Waals surface area contributed by atoms with Gasteiger partial charge in [-0.2, -0.15) is 0 Å². The normalized spacial score (nSPS) is 22.6. The average Bonchev–Trinajstić information content (AvgIpc) is 2.93. The van der Waals surface area contributed by atoms with Crippen molar-refractivity contribution in [1.82, 2.24) is 15.0 Å². The van der Waals surface area contributed by atoms with Gasteiger partial charge in [-0.1, -0.05) is 19.9 Å². The van der Waals surface area contributed by atoms with Gasteiger partial charge in [-0.15, -0.1) is 0 Å². The number of H-pyrrole nitrogens is 1. The number of hydrogen-bond donors (Lipinski definition) is 2. The van der Waals surface area contributed by atoms with Crippen molar-refractivity contribution in [3.05, 3.63) is 47.3 Å². The molecule has 2 heterocycles. The van der Waals surface area contributed by atoms with Gasteiger partial charge in [-0.25, -0.2) is 4.98 Å². The lowest BCUT2D eigenvalue weighted by molar-refractivity contribution is 0.237. The molecular weight excluding hydrogens is 274 g/mol. The predicted octanol–water partition coefficient (Wildman–Crippen LogP) is 3.51. The largest absolute Gasteiger partial charge is 0.396 e. The minimum absolute atomic E-state index is 0.183. The topological polar surface area (TPSA) is 61.8 Å². The molecule has 1 aliphatic rings. The van der Waals surface area contributed by atoms with Gasteiger partial charge in [0.05, 0.1) is 18.6 Å². The molecule has 4 nitrogen and oxygen atoms in total. The Bertz CT molecular complexity index is 635. The highest BCUT2D eigenvalue weighted by Gasteiger charge is 2.36. The van der Waals surface area contributed by atoms with Crippen molar-refractivity contribution in [2.45, 2.75) is 51.4 Å². The Morgan fingerprint density at radius 2 is 2.14 bits per heavy atom. The Labute approximate surface area is 132 Å². The molecular formula is C18H25N3O. The predicted molar refractivity (Wildman–Crippen MR) is 86.9 cm³/mol. The molecule has 1 aliphatic carbocycles. The number of aliphatic hydroxyl groups excluding tert-OH is 1. The number of aromatic nitrogens is 3. The molecule has 0 saturated carbocycles. The van der Waals surface area contributed by atoms with Gasteiger partial charge in [0.25, 0.3) is 0 Å². The van der Waals surface area contributed by atoms with E-state index in [1.54, 1.807) is 6.33 Å². The van der Waals surface area contributed by atoms with Crippen molar-refractivity contribution >= 4 is 0 Å². The summed E-state index contributed by atoms with van der Waals surface area (Å²) in [5, 5.41) is 9.64. The molecule has 118 valence electrons. The van der Waals surface area contributed by atoms with Crippen LogP contribution in [0.4, 0.5) is 0 Å². The standard InChI is InChI=1S/C18H25N3O/c1-11(2)16(17-12(3)20-10-21-17)14-7-6-13(9-22)18-15(14)5-4-8-19-18/h4-5,8,10-11,13-14,16,22H,6-7,9H2,1-3H3,(H,20,21). The SMILES string of the molecule is Cc1nc[nH]c1C(C(C)C)C1CCC(CO)c2ncccc21. The Morgan fingerprint density at radius 3 is 2.77 bits per heavy atom. The number of hydrogen-bond acceptors (Lipinski definition) is 3. The number of pyridine rings is 1. The van der Waals surface area contributed by atoms with Crippen LogP contribution in [0.2, 0.25) is 0 Å². The van der Waals surface area contributed by atoms with Crippen molar-refractivity contribution in [3.8, 4) is 0 Å². The maximum atomic E-state index is 9.64. The Balaban J connectivity index is 2.05. The van der Waals surface area contributed by atoms with Crippen LogP contribution in [0.1, 0.15) is 67.1 Å². The monoisotopic (exact) mass is 299 g/mol. The van der Waals surface area contributed by atoms with Gasteiger partial charge >= 0.3 is 0 Å². The molecule has 0 aliphatic heterocycles. The molecule has 2 aromatic heterocycles. The van der Waals surface area contributed by atoms with Crippen molar-refractivity contribution in [1.29, 1.82) is 0 Å². The van der Waals surface area contributed by atoms with E-state index in [0.29, 0.717) is 17.8 Å². The summed E-state index contributed by atoms with van der Waals surface area (Å²) in [6.07, 6.45) is 5.73. The van der Waals surface area contributed by atoms with Crippen LogP contribution in [0.5, 0.6) is 0 Å². The van der Waals surface area contributed by atoms with E-state index in [1.165, 1.54) is 11.3 Å².